The van der Waals surface area contributed by atoms with Crippen LogP contribution in [0.1, 0.15) is 24.0 Å². The normalized spacial score (nSPS) is 20.2. The molecule has 1 saturated heterocycles. The Kier molecular flexibility index (Phi) is 5.15. The summed E-state index contributed by atoms with van der Waals surface area (Å²) in [5.74, 6) is -0.778. The maximum atomic E-state index is 10.7. The summed E-state index contributed by atoms with van der Waals surface area (Å²) in [4.78, 5) is 15.4. The number of nitrogens with zero attached hydrogens (tertiary/aromatic N) is 2. The van der Waals surface area contributed by atoms with E-state index >= 15 is 0 Å². The number of rotatable bonds is 5. The Morgan fingerprint density at radius 3 is 2.60 bits per heavy atom. The van der Waals surface area contributed by atoms with E-state index < -0.39 is 5.97 Å². The Hall–Kier alpha value is -1.39. The van der Waals surface area contributed by atoms with Crippen LogP contribution in [0.25, 0.3) is 0 Å². The Balaban J connectivity index is 1.90. The van der Waals surface area contributed by atoms with Gasteiger partial charge in [-0.3, -0.25) is 9.69 Å². The van der Waals surface area contributed by atoms with E-state index in [1.165, 1.54) is 24.9 Å². The molecular formula is C16H24N2O2. The highest BCUT2D eigenvalue weighted by Gasteiger charge is 2.20. The van der Waals surface area contributed by atoms with Gasteiger partial charge in [0.25, 0.3) is 0 Å². The lowest BCUT2D eigenvalue weighted by Gasteiger charge is -2.35. The van der Waals surface area contributed by atoms with Gasteiger partial charge in [0.1, 0.15) is 0 Å². The number of aliphatic carboxylic acids is 1. The van der Waals surface area contributed by atoms with Crippen molar-refractivity contribution < 1.29 is 9.90 Å². The average Bonchev–Trinajstić information content (AvgIpc) is 2.40. The Morgan fingerprint density at radius 1 is 1.35 bits per heavy atom. The predicted molar refractivity (Wildman–Crippen MR) is 79.8 cm³/mol. The first-order valence-electron chi connectivity index (χ1n) is 7.23. The van der Waals surface area contributed by atoms with Crippen molar-refractivity contribution in [1.82, 2.24) is 9.80 Å². The molecule has 1 aliphatic heterocycles. The fourth-order valence-corrected chi connectivity index (χ4v) is 2.85. The fraction of sp³-hybridized carbons (Fsp3) is 0.562. The second-order valence-corrected chi connectivity index (χ2v) is 5.86. The summed E-state index contributed by atoms with van der Waals surface area (Å²) in [5, 5.41) is 8.76. The number of hydrogen-bond donors (Lipinski definition) is 1. The van der Waals surface area contributed by atoms with E-state index in [4.69, 9.17) is 5.11 Å². The van der Waals surface area contributed by atoms with Gasteiger partial charge in [-0.25, -0.2) is 0 Å². The largest absolute Gasteiger partial charge is 0.481 e. The number of carboxylic acids is 1. The molecule has 1 N–H and O–H groups in total. The number of likely N-dealkylation sites (tertiary alicyclic amines) is 1. The highest BCUT2D eigenvalue weighted by Crippen LogP contribution is 2.16. The van der Waals surface area contributed by atoms with Gasteiger partial charge in [-0.2, -0.15) is 0 Å². The summed E-state index contributed by atoms with van der Waals surface area (Å²) in [6.07, 6.45) is 2.63. The zero-order valence-electron chi connectivity index (χ0n) is 12.4. The predicted octanol–water partition coefficient (Wildman–Crippen LogP) is 1.84. The Morgan fingerprint density at radius 2 is 2.00 bits per heavy atom. The molecule has 0 bridgehead atoms. The molecule has 1 atom stereocenters. The van der Waals surface area contributed by atoms with Crippen molar-refractivity contribution >= 4 is 5.97 Å². The van der Waals surface area contributed by atoms with Crippen molar-refractivity contribution in [2.24, 2.45) is 0 Å². The van der Waals surface area contributed by atoms with Crippen LogP contribution in [0.2, 0.25) is 0 Å². The number of piperidine rings is 1. The van der Waals surface area contributed by atoms with Gasteiger partial charge in [0.15, 0.2) is 0 Å². The van der Waals surface area contributed by atoms with Crippen LogP contribution in [0, 0.1) is 0 Å². The molecule has 1 aromatic carbocycles. The third-order valence-corrected chi connectivity index (χ3v) is 4.03. The van der Waals surface area contributed by atoms with Crippen molar-refractivity contribution in [2.75, 3.05) is 27.2 Å². The van der Waals surface area contributed by atoms with Gasteiger partial charge in [0, 0.05) is 19.1 Å². The summed E-state index contributed by atoms with van der Waals surface area (Å²) in [6.45, 7) is 3.26. The summed E-state index contributed by atoms with van der Waals surface area (Å²) < 4.78 is 0. The van der Waals surface area contributed by atoms with Crippen LogP contribution < -0.4 is 0 Å². The lowest BCUT2D eigenvalue weighted by Crippen LogP contribution is -2.44. The van der Waals surface area contributed by atoms with Crippen LogP contribution in [0.15, 0.2) is 24.3 Å². The lowest BCUT2D eigenvalue weighted by molar-refractivity contribution is -0.136. The van der Waals surface area contributed by atoms with E-state index in [1.807, 2.05) is 24.3 Å². The van der Waals surface area contributed by atoms with Gasteiger partial charge in [-0.15, -0.1) is 0 Å². The molecule has 0 saturated carbocycles. The summed E-state index contributed by atoms with van der Waals surface area (Å²) in [7, 11) is 4.36. The van der Waals surface area contributed by atoms with Crippen LogP contribution in [-0.2, 0) is 17.8 Å². The van der Waals surface area contributed by atoms with E-state index in [0.29, 0.717) is 6.04 Å². The summed E-state index contributed by atoms with van der Waals surface area (Å²) in [5.41, 5.74) is 2.11. The minimum atomic E-state index is -0.778. The van der Waals surface area contributed by atoms with Crippen LogP contribution in [0.3, 0.4) is 0 Å². The first kappa shape index (κ1) is 15.0. The first-order valence-corrected chi connectivity index (χ1v) is 7.23. The lowest BCUT2D eigenvalue weighted by atomic mass is 10.0. The molecule has 0 aromatic heterocycles. The highest BCUT2D eigenvalue weighted by atomic mass is 16.4. The number of carboxylic acid groups (broad SMARTS) is 1. The zero-order chi connectivity index (χ0) is 14.5. The molecule has 1 aromatic rings. The van der Waals surface area contributed by atoms with Gasteiger partial charge in [0.05, 0.1) is 6.42 Å². The Labute approximate surface area is 121 Å². The SMILES string of the molecule is CN1CCCC(N(C)Cc2ccc(CC(=O)O)cc2)C1. The molecule has 4 nitrogen and oxygen atoms in total. The molecule has 4 heteroatoms. The highest BCUT2D eigenvalue weighted by molar-refractivity contribution is 5.70. The molecular weight excluding hydrogens is 252 g/mol. The quantitative estimate of drug-likeness (QED) is 0.891. The third kappa shape index (κ3) is 4.32. The van der Waals surface area contributed by atoms with Crippen LogP contribution in [-0.4, -0.2) is 54.1 Å². The molecule has 1 aliphatic rings. The van der Waals surface area contributed by atoms with Gasteiger partial charge >= 0.3 is 5.97 Å². The van der Waals surface area contributed by atoms with E-state index in [-0.39, 0.29) is 6.42 Å². The second kappa shape index (κ2) is 6.86. The van der Waals surface area contributed by atoms with Crippen LogP contribution in [0.5, 0.6) is 0 Å². The number of carbonyl (C=O) groups is 1. The number of benzene rings is 1. The van der Waals surface area contributed by atoms with Crippen molar-refractivity contribution in [1.29, 1.82) is 0 Å². The van der Waals surface area contributed by atoms with E-state index in [9.17, 15) is 4.79 Å². The zero-order valence-corrected chi connectivity index (χ0v) is 12.4. The van der Waals surface area contributed by atoms with E-state index in [0.717, 1.165) is 18.7 Å². The maximum absolute atomic E-state index is 10.7. The molecule has 0 amide bonds. The number of likely N-dealkylation sites (N-methyl/N-ethyl adjacent to an activating group) is 2. The third-order valence-electron chi connectivity index (χ3n) is 4.03. The first-order chi connectivity index (χ1) is 9.54. The summed E-state index contributed by atoms with van der Waals surface area (Å²) in [6, 6.07) is 8.55. The standard InChI is InChI=1S/C16H24N2O2/c1-17-9-3-4-15(12-17)18(2)11-14-7-5-13(6-8-14)10-16(19)20/h5-8,15H,3-4,9-12H2,1-2H3,(H,19,20). The number of hydrogen-bond acceptors (Lipinski definition) is 3. The molecule has 0 radical (unpaired) electrons. The molecule has 1 heterocycles. The molecule has 1 unspecified atom stereocenters. The van der Waals surface area contributed by atoms with Crippen LogP contribution in [0.4, 0.5) is 0 Å². The fourth-order valence-electron chi connectivity index (χ4n) is 2.85. The van der Waals surface area contributed by atoms with Gasteiger partial charge in [0.2, 0.25) is 0 Å². The van der Waals surface area contributed by atoms with Crippen molar-refractivity contribution in [3.05, 3.63) is 35.4 Å². The Bertz CT molecular complexity index is 444. The van der Waals surface area contributed by atoms with Gasteiger partial charge in [-0.05, 0) is 44.6 Å². The van der Waals surface area contributed by atoms with Crippen molar-refractivity contribution in [3.63, 3.8) is 0 Å². The minimum Gasteiger partial charge on any atom is -0.481 e. The molecule has 1 fully saturated rings. The van der Waals surface area contributed by atoms with Crippen molar-refractivity contribution in [2.45, 2.75) is 31.8 Å². The van der Waals surface area contributed by atoms with Crippen molar-refractivity contribution in [3.8, 4) is 0 Å². The topological polar surface area (TPSA) is 43.8 Å². The monoisotopic (exact) mass is 276 g/mol. The maximum Gasteiger partial charge on any atom is 0.307 e. The van der Waals surface area contributed by atoms with Gasteiger partial charge in [-0.1, -0.05) is 24.3 Å². The molecule has 2 rings (SSSR count). The second-order valence-electron chi connectivity index (χ2n) is 5.86. The molecule has 0 spiro atoms. The smallest absolute Gasteiger partial charge is 0.307 e. The summed E-state index contributed by atoms with van der Waals surface area (Å²) >= 11 is 0. The van der Waals surface area contributed by atoms with E-state index in [2.05, 4.69) is 23.9 Å². The molecule has 20 heavy (non-hydrogen) atoms. The molecule has 0 aliphatic carbocycles. The van der Waals surface area contributed by atoms with Crippen LogP contribution >= 0.6 is 0 Å². The minimum absolute atomic E-state index is 0.101. The average molecular weight is 276 g/mol. The molecule has 110 valence electrons. The van der Waals surface area contributed by atoms with Gasteiger partial charge < -0.3 is 10.0 Å². The van der Waals surface area contributed by atoms with E-state index in [1.54, 1.807) is 0 Å².